The van der Waals surface area contributed by atoms with Gasteiger partial charge in [-0.1, -0.05) is 20.3 Å². The first-order valence-corrected chi connectivity index (χ1v) is 4.57. The van der Waals surface area contributed by atoms with Crippen molar-refractivity contribution in [1.82, 2.24) is 5.32 Å². The van der Waals surface area contributed by atoms with Crippen molar-refractivity contribution < 1.29 is 9.53 Å². The van der Waals surface area contributed by atoms with Crippen molar-refractivity contribution in [3.8, 4) is 0 Å². The molecule has 0 aromatic carbocycles. The molecule has 0 aliphatic rings. The summed E-state index contributed by atoms with van der Waals surface area (Å²) >= 11 is 0. The lowest BCUT2D eigenvalue weighted by Gasteiger charge is -2.08. The lowest BCUT2D eigenvalue weighted by atomic mass is 10.1. The van der Waals surface area contributed by atoms with Crippen LogP contribution in [0.4, 0.5) is 0 Å². The van der Waals surface area contributed by atoms with E-state index in [2.05, 4.69) is 19.2 Å². The predicted molar refractivity (Wildman–Crippen MR) is 49.0 cm³/mol. The summed E-state index contributed by atoms with van der Waals surface area (Å²) < 4.78 is 4.76. The maximum atomic E-state index is 10.8. The normalized spacial score (nSPS) is 12.6. The lowest BCUT2D eigenvalue weighted by Crippen LogP contribution is -2.28. The summed E-state index contributed by atoms with van der Waals surface area (Å²) in [6.45, 7) is 7.78. The third-order valence-electron chi connectivity index (χ3n) is 1.76. The molecule has 0 aromatic rings. The number of carbonyl (C=O) groups is 1. The number of esters is 1. The zero-order valence-corrected chi connectivity index (χ0v) is 8.22. The van der Waals surface area contributed by atoms with Crippen LogP contribution in [-0.4, -0.2) is 25.7 Å². The minimum absolute atomic E-state index is 0.166. The molecule has 0 aliphatic carbocycles. The molecule has 0 aliphatic heterocycles. The summed E-state index contributed by atoms with van der Waals surface area (Å²) in [7, 11) is 0. The van der Waals surface area contributed by atoms with Gasteiger partial charge in [-0.05, 0) is 19.4 Å². The van der Waals surface area contributed by atoms with E-state index in [0.29, 0.717) is 19.1 Å². The Balaban J connectivity index is 3.24. The minimum atomic E-state index is -0.166. The third-order valence-corrected chi connectivity index (χ3v) is 1.76. The summed E-state index contributed by atoms with van der Waals surface area (Å²) in [5.74, 6) is 0.459. The molecule has 72 valence electrons. The summed E-state index contributed by atoms with van der Waals surface area (Å²) in [6, 6.07) is 0. The van der Waals surface area contributed by atoms with Crippen molar-refractivity contribution >= 4 is 5.97 Å². The molecule has 0 saturated carbocycles. The fraction of sp³-hybridized carbons (Fsp3) is 0.889. The smallest absolute Gasteiger partial charge is 0.319 e. The number of nitrogens with one attached hydrogen (secondary N) is 1. The second kappa shape index (κ2) is 7.10. The van der Waals surface area contributed by atoms with Crippen LogP contribution in [0.1, 0.15) is 27.2 Å². The molecule has 12 heavy (non-hydrogen) atoms. The van der Waals surface area contributed by atoms with Gasteiger partial charge < -0.3 is 10.1 Å². The van der Waals surface area contributed by atoms with Gasteiger partial charge in [-0.2, -0.15) is 0 Å². The van der Waals surface area contributed by atoms with E-state index in [0.717, 1.165) is 13.0 Å². The molecule has 0 fully saturated rings. The molecule has 0 saturated heterocycles. The molecule has 0 radical (unpaired) electrons. The van der Waals surface area contributed by atoms with Crippen molar-refractivity contribution in [2.45, 2.75) is 27.2 Å². The highest BCUT2D eigenvalue weighted by molar-refractivity contribution is 5.71. The van der Waals surface area contributed by atoms with Gasteiger partial charge in [0.25, 0.3) is 0 Å². The molecule has 0 spiro atoms. The molecule has 3 heteroatoms. The summed E-state index contributed by atoms with van der Waals surface area (Å²) in [5.41, 5.74) is 0. The van der Waals surface area contributed by atoms with Gasteiger partial charge in [-0.15, -0.1) is 0 Å². The topological polar surface area (TPSA) is 38.3 Å². The summed E-state index contributed by atoms with van der Waals surface area (Å²) in [5, 5.41) is 3.05. The van der Waals surface area contributed by atoms with E-state index in [1.807, 2.05) is 6.92 Å². The van der Waals surface area contributed by atoms with Gasteiger partial charge in [0.15, 0.2) is 0 Å². The van der Waals surface area contributed by atoms with Gasteiger partial charge >= 0.3 is 5.97 Å². The van der Waals surface area contributed by atoms with E-state index < -0.39 is 0 Å². The number of hydrogen-bond donors (Lipinski definition) is 1. The van der Waals surface area contributed by atoms with Gasteiger partial charge in [0, 0.05) is 0 Å². The SMILES string of the molecule is CCOC(=O)CNC[C@@H](C)CC. The Hall–Kier alpha value is -0.570. The Morgan fingerprint density at radius 2 is 2.17 bits per heavy atom. The van der Waals surface area contributed by atoms with Crippen LogP contribution in [-0.2, 0) is 9.53 Å². The van der Waals surface area contributed by atoms with Crippen LogP contribution < -0.4 is 5.32 Å². The second-order valence-corrected chi connectivity index (χ2v) is 2.95. The summed E-state index contributed by atoms with van der Waals surface area (Å²) in [4.78, 5) is 10.8. The number of ether oxygens (including phenoxy) is 1. The molecule has 0 rings (SSSR count). The average molecular weight is 173 g/mol. The quantitative estimate of drug-likeness (QED) is 0.613. The summed E-state index contributed by atoms with van der Waals surface area (Å²) in [6.07, 6.45) is 1.13. The molecule has 0 amide bonds. The standard InChI is InChI=1S/C9H19NO2/c1-4-8(3)6-10-7-9(11)12-5-2/h8,10H,4-7H2,1-3H3/t8-/m0/s1. The first-order valence-electron chi connectivity index (χ1n) is 4.57. The second-order valence-electron chi connectivity index (χ2n) is 2.95. The van der Waals surface area contributed by atoms with E-state index in [-0.39, 0.29) is 5.97 Å². The van der Waals surface area contributed by atoms with Crippen molar-refractivity contribution in [2.24, 2.45) is 5.92 Å². The highest BCUT2D eigenvalue weighted by Crippen LogP contribution is 1.96. The molecule has 0 bridgehead atoms. The van der Waals surface area contributed by atoms with Crippen molar-refractivity contribution in [1.29, 1.82) is 0 Å². The van der Waals surface area contributed by atoms with Crippen molar-refractivity contribution in [3.05, 3.63) is 0 Å². The highest BCUT2D eigenvalue weighted by Gasteiger charge is 2.02. The maximum Gasteiger partial charge on any atom is 0.319 e. The minimum Gasteiger partial charge on any atom is -0.465 e. The maximum absolute atomic E-state index is 10.8. The van der Waals surface area contributed by atoms with Gasteiger partial charge in [-0.3, -0.25) is 4.79 Å². The highest BCUT2D eigenvalue weighted by atomic mass is 16.5. The molecule has 0 unspecified atom stereocenters. The van der Waals surface area contributed by atoms with E-state index in [1.165, 1.54) is 0 Å². The van der Waals surface area contributed by atoms with Gasteiger partial charge in [0.2, 0.25) is 0 Å². The molecular formula is C9H19NO2. The lowest BCUT2D eigenvalue weighted by molar-refractivity contribution is -0.142. The van der Waals surface area contributed by atoms with Gasteiger partial charge in [0.1, 0.15) is 0 Å². The molecule has 3 nitrogen and oxygen atoms in total. The third kappa shape index (κ3) is 6.16. The Morgan fingerprint density at radius 3 is 2.67 bits per heavy atom. The largest absolute Gasteiger partial charge is 0.465 e. The first-order chi connectivity index (χ1) is 5.70. The Morgan fingerprint density at radius 1 is 1.50 bits per heavy atom. The van der Waals surface area contributed by atoms with Crippen LogP contribution in [0.15, 0.2) is 0 Å². The zero-order valence-electron chi connectivity index (χ0n) is 8.22. The monoisotopic (exact) mass is 173 g/mol. The van der Waals surface area contributed by atoms with Crippen LogP contribution in [0.5, 0.6) is 0 Å². The molecular weight excluding hydrogens is 154 g/mol. The van der Waals surface area contributed by atoms with Crippen LogP contribution in [0.25, 0.3) is 0 Å². The molecule has 0 heterocycles. The number of hydrogen-bond acceptors (Lipinski definition) is 3. The Kier molecular flexibility index (Phi) is 6.76. The Bertz CT molecular complexity index is 126. The Labute approximate surface area is 74.5 Å². The van der Waals surface area contributed by atoms with E-state index in [1.54, 1.807) is 0 Å². The molecule has 1 N–H and O–H groups in total. The van der Waals surface area contributed by atoms with Crippen LogP contribution >= 0.6 is 0 Å². The van der Waals surface area contributed by atoms with E-state index >= 15 is 0 Å². The fourth-order valence-electron chi connectivity index (χ4n) is 0.777. The van der Waals surface area contributed by atoms with Crippen molar-refractivity contribution in [3.63, 3.8) is 0 Å². The zero-order chi connectivity index (χ0) is 9.40. The molecule has 0 aromatic heterocycles. The van der Waals surface area contributed by atoms with Crippen molar-refractivity contribution in [2.75, 3.05) is 19.7 Å². The molecule has 1 atom stereocenters. The van der Waals surface area contributed by atoms with Gasteiger partial charge in [0.05, 0.1) is 13.2 Å². The van der Waals surface area contributed by atoms with Gasteiger partial charge in [-0.25, -0.2) is 0 Å². The number of carbonyl (C=O) groups excluding carboxylic acids is 1. The number of rotatable bonds is 6. The first kappa shape index (κ1) is 11.4. The predicted octanol–water partition coefficient (Wildman–Crippen LogP) is 1.19. The van der Waals surface area contributed by atoms with E-state index in [9.17, 15) is 4.79 Å². The average Bonchev–Trinajstić information content (AvgIpc) is 2.04. The van der Waals surface area contributed by atoms with Crippen LogP contribution in [0.2, 0.25) is 0 Å². The van der Waals surface area contributed by atoms with Crippen LogP contribution in [0.3, 0.4) is 0 Å². The fourth-order valence-corrected chi connectivity index (χ4v) is 0.777. The van der Waals surface area contributed by atoms with Crippen LogP contribution in [0, 0.1) is 5.92 Å². The van der Waals surface area contributed by atoms with E-state index in [4.69, 9.17) is 4.74 Å².